The summed E-state index contributed by atoms with van der Waals surface area (Å²) in [7, 11) is 1.57. The van der Waals surface area contributed by atoms with Crippen LogP contribution in [0.2, 0.25) is 0 Å². The third-order valence-electron chi connectivity index (χ3n) is 5.29. The van der Waals surface area contributed by atoms with Gasteiger partial charge in [-0.15, -0.1) is 0 Å². The minimum Gasteiger partial charge on any atom is -0.382 e. The number of hydrogen-bond donors (Lipinski definition) is 2. The monoisotopic (exact) mass is 436 g/mol. The zero-order valence-corrected chi connectivity index (χ0v) is 17.6. The van der Waals surface area contributed by atoms with Crippen LogP contribution in [0.3, 0.4) is 0 Å². The molecule has 10 nitrogen and oxygen atoms in total. The smallest absolute Gasteiger partial charge is 0.248 e. The van der Waals surface area contributed by atoms with Gasteiger partial charge in [0.25, 0.3) is 0 Å². The number of morpholine rings is 1. The van der Waals surface area contributed by atoms with Crippen LogP contribution in [0.5, 0.6) is 0 Å². The summed E-state index contributed by atoms with van der Waals surface area (Å²) in [6, 6.07) is 6.36. The molecule has 0 spiro atoms. The second-order valence-corrected chi connectivity index (χ2v) is 7.27. The molecule has 0 saturated carbocycles. The van der Waals surface area contributed by atoms with E-state index >= 15 is 0 Å². The van der Waals surface area contributed by atoms with E-state index < -0.39 is 11.9 Å². The molecule has 1 saturated heterocycles. The molecule has 10 heteroatoms. The van der Waals surface area contributed by atoms with Crippen LogP contribution in [0.15, 0.2) is 48.8 Å². The van der Waals surface area contributed by atoms with Crippen molar-refractivity contribution in [3.05, 3.63) is 60.2 Å². The highest BCUT2D eigenvalue weighted by atomic mass is 16.5. The summed E-state index contributed by atoms with van der Waals surface area (Å²) in [5.41, 5.74) is 13.9. The van der Waals surface area contributed by atoms with Gasteiger partial charge < -0.3 is 25.8 Å². The molecule has 0 aliphatic carbocycles. The number of rotatable bonds is 6. The molecule has 0 radical (unpaired) electrons. The summed E-state index contributed by atoms with van der Waals surface area (Å²) in [5.74, 6) is 0.246. The van der Waals surface area contributed by atoms with Gasteiger partial charge in [0, 0.05) is 43.3 Å². The molecule has 0 bridgehead atoms. The molecule has 1 aliphatic rings. The van der Waals surface area contributed by atoms with Gasteiger partial charge in [0.15, 0.2) is 0 Å². The molecule has 1 aromatic carbocycles. The largest absolute Gasteiger partial charge is 0.382 e. The lowest BCUT2D eigenvalue weighted by Crippen LogP contribution is -2.43. The molecular weight excluding hydrogens is 412 g/mol. The molecule has 0 unspecified atom stereocenters. The van der Waals surface area contributed by atoms with Gasteiger partial charge in [0.2, 0.25) is 11.8 Å². The van der Waals surface area contributed by atoms with E-state index in [0.29, 0.717) is 54.8 Å². The molecule has 4 N–H and O–H groups in total. The van der Waals surface area contributed by atoms with Gasteiger partial charge in [-0.3, -0.25) is 14.0 Å². The van der Waals surface area contributed by atoms with Gasteiger partial charge in [0.05, 0.1) is 19.8 Å². The molecule has 32 heavy (non-hydrogen) atoms. The second-order valence-electron chi connectivity index (χ2n) is 7.27. The van der Waals surface area contributed by atoms with Crippen LogP contribution in [0.4, 0.5) is 5.82 Å². The fourth-order valence-corrected chi connectivity index (χ4v) is 3.74. The first-order chi connectivity index (χ1) is 15.5. The molecule has 3 heterocycles. The zero-order chi connectivity index (χ0) is 22.7. The summed E-state index contributed by atoms with van der Waals surface area (Å²) >= 11 is 0. The van der Waals surface area contributed by atoms with Crippen LogP contribution in [-0.4, -0.2) is 64.6 Å². The van der Waals surface area contributed by atoms with Crippen molar-refractivity contribution in [2.24, 2.45) is 5.73 Å². The summed E-state index contributed by atoms with van der Waals surface area (Å²) in [5, 5.41) is 0. The Morgan fingerprint density at radius 2 is 2.09 bits per heavy atom. The van der Waals surface area contributed by atoms with Crippen molar-refractivity contribution in [1.82, 2.24) is 19.3 Å². The van der Waals surface area contributed by atoms with Crippen molar-refractivity contribution in [3.63, 3.8) is 0 Å². The van der Waals surface area contributed by atoms with E-state index in [2.05, 4.69) is 4.98 Å². The number of primary amides is 1. The Bertz CT molecular complexity index is 1170. The van der Waals surface area contributed by atoms with Crippen LogP contribution in [0.1, 0.15) is 22.2 Å². The topological polar surface area (TPSA) is 138 Å². The summed E-state index contributed by atoms with van der Waals surface area (Å²) in [4.78, 5) is 35.1. The minimum atomic E-state index is -0.511. The van der Waals surface area contributed by atoms with Crippen molar-refractivity contribution >= 4 is 23.1 Å². The Hall–Kier alpha value is -3.76. The van der Waals surface area contributed by atoms with E-state index in [9.17, 15) is 9.59 Å². The van der Waals surface area contributed by atoms with Gasteiger partial charge in [-0.2, -0.15) is 0 Å². The van der Waals surface area contributed by atoms with E-state index in [4.69, 9.17) is 25.9 Å². The van der Waals surface area contributed by atoms with Crippen molar-refractivity contribution in [2.45, 2.75) is 6.04 Å². The number of methoxy groups -OCH3 is 1. The number of aromatic nitrogens is 3. The number of anilines is 1. The number of ether oxygens (including phenoxy) is 2. The fraction of sp³-hybridized carbons (Fsp3) is 0.273. The molecule has 4 rings (SSSR count). The molecule has 2 aromatic heterocycles. The quantitative estimate of drug-likeness (QED) is 0.553. The molecule has 1 atom stereocenters. The van der Waals surface area contributed by atoms with Crippen LogP contribution in [0.25, 0.3) is 16.8 Å². The van der Waals surface area contributed by atoms with E-state index in [1.165, 1.54) is 6.08 Å². The van der Waals surface area contributed by atoms with Crippen LogP contribution >= 0.6 is 0 Å². The Morgan fingerprint density at radius 1 is 1.31 bits per heavy atom. The number of benzene rings is 1. The van der Waals surface area contributed by atoms with Crippen LogP contribution < -0.4 is 11.5 Å². The molecule has 2 amide bonds. The summed E-state index contributed by atoms with van der Waals surface area (Å²) < 4.78 is 12.5. The van der Waals surface area contributed by atoms with E-state index in [1.807, 2.05) is 4.40 Å². The first kappa shape index (κ1) is 21.5. The lowest BCUT2D eigenvalue weighted by Gasteiger charge is -2.34. The van der Waals surface area contributed by atoms with Crippen molar-refractivity contribution < 1.29 is 19.1 Å². The minimum absolute atomic E-state index is 0.151. The average molecular weight is 436 g/mol. The number of imidazole rings is 1. The second kappa shape index (κ2) is 9.16. The summed E-state index contributed by atoms with van der Waals surface area (Å²) in [6.45, 7) is 1.51. The van der Waals surface area contributed by atoms with Crippen molar-refractivity contribution in [3.8, 4) is 11.3 Å². The highest BCUT2D eigenvalue weighted by molar-refractivity contribution is 5.94. The van der Waals surface area contributed by atoms with Crippen molar-refractivity contribution in [1.29, 1.82) is 0 Å². The van der Waals surface area contributed by atoms with Crippen LogP contribution in [-0.2, 0) is 14.3 Å². The SMILES string of the molecule is COC/C=C/C(=O)N1CCOC[C@H]1c1nc(-c2ccc(C(N)=O)cc2)c2c(N)nccn12. The Morgan fingerprint density at radius 3 is 2.81 bits per heavy atom. The number of fused-ring (bicyclic) bond motifs is 1. The number of hydrogen-bond acceptors (Lipinski definition) is 7. The number of amides is 2. The fourth-order valence-electron chi connectivity index (χ4n) is 3.74. The number of carbonyl (C=O) groups is 2. The van der Waals surface area contributed by atoms with Gasteiger partial charge >= 0.3 is 0 Å². The first-order valence-corrected chi connectivity index (χ1v) is 10.1. The molecule has 3 aromatic rings. The maximum Gasteiger partial charge on any atom is 0.248 e. The van der Waals surface area contributed by atoms with Gasteiger partial charge in [-0.25, -0.2) is 9.97 Å². The first-order valence-electron chi connectivity index (χ1n) is 10.1. The van der Waals surface area contributed by atoms with Crippen LogP contribution in [0, 0.1) is 0 Å². The van der Waals surface area contributed by atoms with E-state index in [1.54, 1.807) is 54.7 Å². The number of nitrogens with zero attached hydrogens (tertiary/aromatic N) is 4. The lowest BCUT2D eigenvalue weighted by atomic mass is 10.1. The average Bonchev–Trinajstić information content (AvgIpc) is 3.20. The maximum absolute atomic E-state index is 12.8. The maximum atomic E-state index is 12.8. The number of nitrogens with two attached hydrogens (primary N) is 2. The van der Waals surface area contributed by atoms with Gasteiger partial charge in [0.1, 0.15) is 28.9 Å². The number of carbonyl (C=O) groups excluding carboxylic acids is 2. The van der Waals surface area contributed by atoms with Crippen molar-refractivity contribution in [2.75, 3.05) is 39.2 Å². The number of nitrogen functional groups attached to an aromatic ring is 1. The predicted octanol–water partition coefficient (Wildman–Crippen LogP) is 1.18. The van der Waals surface area contributed by atoms with Gasteiger partial charge in [-0.05, 0) is 12.1 Å². The predicted molar refractivity (Wildman–Crippen MR) is 118 cm³/mol. The molecule has 1 fully saturated rings. The highest BCUT2D eigenvalue weighted by Gasteiger charge is 2.32. The van der Waals surface area contributed by atoms with E-state index in [0.717, 1.165) is 5.56 Å². The van der Waals surface area contributed by atoms with E-state index in [-0.39, 0.29) is 5.91 Å². The molecule has 1 aliphatic heterocycles. The normalized spacial score (nSPS) is 16.7. The Kier molecular flexibility index (Phi) is 6.15. The zero-order valence-electron chi connectivity index (χ0n) is 17.6. The Labute approximate surface area is 184 Å². The lowest BCUT2D eigenvalue weighted by molar-refractivity contribution is -0.135. The standard InChI is InChI=1S/C22H24N6O4/c1-31-11-2-3-17(29)27-10-12-32-13-16(27)22-26-18(19-20(23)25-8-9-28(19)22)14-4-6-15(7-5-14)21(24)30/h2-9,16H,10-13H2,1H3,(H2,23,25)(H2,24,30)/b3-2+/t16-/m0/s1. The molecular formula is C22H24N6O4. The summed E-state index contributed by atoms with van der Waals surface area (Å²) in [6.07, 6.45) is 6.51. The highest BCUT2D eigenvalue weighted by Crippen LogP contribution is 2.33. The third-order valence-corrected chi connectivity index (χ3v) is 5.29. The third kappa shape index (κ3) is 4.05. The molecule has 166 valence electrons. The van der Waals surface area contributed by atoms with Gasteiger partial charge in [-0.1, -0.05) is 18.2 Å². The Balaban J connectivity index is 1.79.